The van der Waals surface area contributed by atoms with Crippen LogP contribution in [-0.2, 0) is 16.1 Å². The summed E-state index contributed by atoms with van der Waals surface area (Å²) in [6, 6.07) is 0. The monoisotopic (exact) mass is 243 g/mol. The third-order valence-corrected chi connectivity index (χ3v) is 3.20. The quantitative estimate of drug-likeness (QED) is 0.823. The fourth-order valence-corrected chi connectivity index (χ4v) is 2.33. The van der Waals surface area contributed by atoms with Gasteiger partial charge < -0.3 is 14.8 Å². The Morgan fingerprint density at radius 2 is 2.50 bits per heavy atom. The van der Waals surface area contributed by atoms with E-state index in [-0.39, 0.29) is 6.10 Å². The predicted octanol–water partition coefficient (Wildman–Crippen LogP) is 1.67. The molecule has 0 spiro atoms. The van der Waals surface area contributed by atoms with Gasteiger partial charge in [0.1, 0.15) is 11.6 Å². The second kappa shape index (κ2) is 6.12. The lowest BCUT2D eigenvalue weighted by Gasteiger charge is -2.08. The molecule has 90 valence electrons. The summed E-state index contributed by atoms with van der Waals surface area (Å²) < 4.78 is 11.0. The Balaban J connectivity index is 1.67. The van der Waals surface area contributed by atoms with Gasteiger partial charge in [-0.15, -0.1) is 10.2 Å². The van der Waals surface area contributed by atoms with Crippen LogP contribution in [-0.4, -0.2) is 36.1 Å². The van der Waals surface area contributed by atoms with Crippen LogP contribution in [0.25, 0.3) is 0 Å². The Labute approximate surface area is 99.2 Å². The first kappa shape index (κ1) is 11.8. The molecule has 1 saturated heterocycles. The summed E-state index contributed by atoms with van der Waals surface area (Å²) in [6.07, 6.45) is 2.54. The summed E-state index contributed by atoms with van der Waals surface area (Å²) in [5.74, 6) is 0. The summed E-state index contributed by atoms with van der Waals surface area (Å²) in [7, 11) is 0. The van der Waals surface area contributed by atoms with Crippen molar-refractivity contribution >= 4 is 16.5 Å². The molecule has 16 heavy (non-hydrogen) atoms. The van der Waals surface area contributed by atoms with Crippen LogP contribution < -0.4 is 5.32 Å². The highest BCUT2D eigenvalue weighted by Gasteiger charge is 2.15. The maximum Gasteiger partial charge on any atom is 0.205 e. The lowest BCUT2D eigenvalue weighted by Crippen LogP contribution is -2.13. The van der Waals surface area contributed by atoms with E-state index in [0.29, 0.717) is 13.2 Å². The molecule has 6 heteroatoms. The van der Waals surface area contributed by atoms with Gasteiger partial charge in [-0.25, -0.2) is 0 Å². The van der Waals surface area contributed by atoms with Gasteiger partial charge in [0.15, 0.2) is 0 Å². The molecule has 2 heterocycles. The molecule has 1 N–H and O–H groups in total. The van der Waals surface area contributed by atoms with Gasteiger partial charge in [0.2, 0.25) is 5.13 Å². The first-order valence-corrected chi connectivity index (χ1v) is 6.45. The van der Waals surface area contributed by atoms with E-state index in [0.717, 1.165) is 36.1 Å². The number of nitrogens with one attached hydrogen (secondary N) is 1. The minimum atomic E-state index is 0.279. The molecule has 1 aliphatic heterocycles. The minimum absolute atomic E-state index is 0.279. The minimum Gasteiger partial charge on any atom is -0.376 e. The van der Waals surface area contributed by atoms with Crippen molar-refractivity contribution in [1.29, 1.82) is 0 Å². The van der Waals surface area contributed by atoms with E-state index in [9.17, 15) is 0 Å². The van der Waals surface area contributed by atoms with Gasteiger partial charge in [0.25, 0.3) is 0 Å². The number of aromatic nitrogens is 2. The zero-order valence-corrected chi connectivity index (χ0v) is 10.3. The molecule has 5 nitrogen and oxygen atoms in total. The van der Waals surface area contributed by atoms with Crippen LogP contribution in [0.5, 0.6) is 0 Å². The Morgan fingerprint density at radius 3 is 3.25 bits per heavy atom. The molecule has 2 rings (SSSR count). The lowest BCUT2D eigenvalue weighted by atomic mass is 10.2. The molecule has 1 aliphatic rings. The van der Waals surface area contributed by atoms with Gasteiger partial charge in [0.05, 0.1) is 12.7 Å². The number of ether oxygens (including phenoxy) is 2. The second-order valence-electron chi connectivity index (χ2n) is 3.68. The van der Waals surface area contributed by atoms with Crippen molar-refractivity contribution < 1.29 is 9.47 Å². The van der Waals surface area contributed by atoms with E-state index in [1.807, 2.05) is 6.92 Å². The van der Waals surface area contributed by atoms with E-state index >= 15 is 0 Å². The van der Waals surface area contributed by atoms with Crippen molar-refractivity contribution in [2.45, 2.75) is 32.5 Å². The summed E-state index contributed by atoms with van der Waals surface area (Å²) >= 11 is 1.54. The fraction of sp³-hybridized carbons (Fsp3) is 0.800. The van der Waals surface area contributed by atoms with Crippen LogP contribution in [0.3, 0.4) is 0 Å². The highest BCUT2D eigenvalue weighted by molar-refractivity contribution is 7.15. The molecule has 1 aromatic heterocycles. The largest absolute Gasteiger partial charge is 0.376 e. The summed E-state index contributed by atoms with van der Waals surface area (Å²) in [6.45, 7) is 4.97. The second-order valence-corrected chi connectivity index (χ2v) is 4.74. The first-order valence-electron chi connectivity index (χ1n) is 5.64. The van der Waals surface area contributed by atoms with E-state index in [1.165, 1.54) is 0 Å². The Bertz CT molecular complexity index is 313. The van der Waals surface area contributed by atoms with Crippen molar-refractivity contribution in [3.8, 4) is 0 Å². The molecular weight excluding hydrogens is 226 g/mol. The van der Waals surface area contributed by atoms with Gasteiger partial charge in [-0.3, -0.25) is 0 Å². The SMILES string of the molecule is CCNc1nnc(COCC2CCCO2)s1. The number of nitrogens with zero attached hydrogens (tertiary/aromatic N) is 2. The summed E-state index contributed by atoms with van der Waals surface area (Å²) in [4.78, 5) is 0. The van der Waals surface area contributed by atoms with Crippen molar-refractivity contribution in [3.63, 3.8) is 0 Å². The summed E-state index contributed by atoms with van der Waals surface area (Å²) in [5, 5.41) is 12.9. The zero-order chi connectivity index (χ0) is 11.2. The Kier molecular flexibility index (Phi) is 4.50. The zero-order valence-electron chi connectivity index (χ0n) is 9.44. The third kappa shape index (κ3) is 3.40. The number of rotatable bonds is 6. The van der Waals surface area contributed by atoms with Crippen LogP contribution in [0.2, 0.25) is 0 Å². The predicted molar refractivity (Wildman–Crippen MR) is 62.7 cm³/mol. The topological polar surface area (TPSA) is 56.3 Å². The maximum absolute atomic E-state index is 5.55. The average molecular weight is 243 g/mol. The lowest BCUT2D eigenvalue weighted by molar-refractivity contribution is 0.0104. The van der Waals surface area contributed by atoms with Gasteiger partial charge in [-0.2, -0.15) is 0 Å². The van der Waals surface area contributed by atoms with Crippen molar-refractivity contribution in [3.05, 3.63) is 5.01 Å². The standard InChI is InChI=1S/C10H17N3O2S/c1-2-11-10-13-12-9(16-10)7-14-6-8-4-3-5-15-8/h8H,2-7H2,1H3,(H,11,13). The average Bonchev–Trinajstić information content (AvgIpc) is 2.90. The van der Waals surface area contributed by atoms with Gasteiger partial charge in [0, 0.05) is 13.2 Å². The van der Waals surface area contributed by atoms with Gasteiger partial charge >= 0.3 is 0 Å². The van der Waals surface area contributed by atoms with Gasteiger partial charge in [-0.05, 0) is 19.8 Å². The van der Waals surface area contributed by atoms with Crippen LogP contribution >= 0.6 is 11.3 Å². The molecule has 0 radical (unpaired) electrons. The molecule has 0 amide bonds. The van der Waals surface area contributed by atoms with Crippen LogP contribution in [0, 0.1) is 0 Å². The smallest absolute Gasteiger partial charge is 0.205 e. The number of hydrogen-bond donors (Lipinski definition) is 1. The van der Waals surface area contributed by atoms with E-state index in [1.54, 1.807) is 11.3 Å². The molecule has 0 bridgehead atoms. The Hall–Kier alpha value is -0.720. The van der Waals surface area contributed by atoms with Crippen LogP contribution in [0.15, 0.2) is 0 Å². The first-order chi connectivity index (χ1) is 7.88. The molecule has 0 saturated carbocycles. The molecule has 1 unspecified atom stereocenters. The van der Waals surface area contributed by atoms with Crippen LogP contribution in [0.4, 0.5) is 5.13 Å². The van der Waals surface area contributed by atoms with Gasteiger partial charge in [-0.1, -0.05) is 11.3 Å². The van der Waals surface area contributed by atoms with E-state index < -0.39 is 0 Å². The number of hydrogen-bond acceptors (Lipinski definition) is 6. The third-order valence-electron chi connectivity index (χ3n) is 2.35. The highest BCUT2D eigenvalue weighted by Crippen LogP contribution is 2.17. The highest BCUT2D eigenvalue weighted by atomic mass is 32.1. The molecule has 1 aromatic rings. The van der Waals surface area contributed by atoms with Crippen molar-refractivity contribution in [2.75, 3.05) is 25.1 Å². The van der Waals surface area contributed by atoms with Crippen molar-refractivity contribution in [1.82, 2.24) is 10.2 Å². The number of anilines is 1. The van der Waals surface area contributed by atoms with E-state index in [4.69, 9.17) is 9.47 Å². The Morgan fingerprint density at radius 1 is 1.56 bits per heavy atom. The maximum atomic E-state index is 5.55. The molecule has 0 aliphatic carbocycles. The molecular formula is C10H17N3O2S. The normalized spacial score (nSPS) is 20.2. The van der Waals surface area contributed by atoms with Crippen LogP contribution in [0.1, 0.15) is 24.8 Å². The van der Waals surface area contributed by atoms with Crippen molar-refractivity contribution in [2.24, 2.45) is 0 Å². The fourth-order valence-electron chi connectivity index (χ4n) is 1.59. The molecule has 1 fully saturated rings. The van der Waals surface area contributed by atoms with E-state index in [2.05, 4.69) is 15.5 Å². The summed E-state index contributed by atoms with van der Waals surface area (Å²) in [5.41, 5.74) is 0. The molecule has 1 atom stereocenters. The molecule has 0 aromatic carbocycles.